The van der Waals surface area contributed by atoms with Crippen LogP contribution in [0.25, 0.3) is 0 Å². The zero-order valence-corrected chi connectivity index (χ0v) is 16.5. The highest BCUT2D eigenvalue weighted by Crippen LogP contribution is 2.16. The Hall–Kier alpha value is -1.60. The third kappa shape index (κ3) is 6.66. The second-order valence-corrected chi connectivity index (χ2v) is 7.01. The molecule has 25 heavy (non-hydrogen) atoms. The highest BCUT2D eigenvalue weighted by atomic mass is 79.9. The van der Waals surface area contributed by atoms with Crippen LogP contribution in [-0.2, 0) is 9.53 Å². The fraction of sp³-hybridized carbons (Fsp3) is 0.556. The number of nitrogens with one attached hydrogen (secondary N) is 2. The number of benzene rings is 1. The molecule has 1 aromatic rings. The summed E-state index contributed by atoms with van der Waals surface area (Å²) in [6.07, 6.45) is 1.47. The van der Waals surface area contributed by atoms with E-state index in [2.05, 4.69) is 43.4 Å². The van der Waals surface area contributed by atoms with Gasteiger partial charge in [0, 0.05) is 49.2 Å². The number of anilines is 1. The van der Waals surface area contributed by atoms with Crippen LogP contribution in [0.15, 0.2) is 33.7 Å². The zero-order valence-electron chi connectivity index (χ0n) is 14.9. The van der Waals surface area contributed by atoms with E-state index in [9.17, 15) is 4.79 Å². The van der Waals surface area contributed by atoms with Crippen molar-refractivity contribution in [3.05, 3.63) is 28.7 Å². The summed E-state index contributed by atoms with van der Waals surface area (Å²) in [5.41, 5.74) is 0.797. The van der Waals surface area contributed by atoms with Gasteiger partial charge in [-0.05, 0) is 37.6 Å². The van der Waals surface area contributed by atoms with Gasteiger partial charge in [-0.1, -0.05) is 15.9 Å². The van der Waals surface area contributed by atoms with Gasteiger partial charge in [0.25, 0.3) is 0 Å². The second kappa shape index (κ2) is 10.4. The molecule has 0 radical (unpaired) electrons. The first-order valence-corrected chi connectivity index (χ1v) is 9.49. The van der Waals surface area contributed by atoms with Gasteiger partial charge in [0.2, 0.25) is 5.91 Å². The Kier molecular flexibility index (Phi) is 8.21. The average molecular weight is 411 g/mol. The highest BCUT2D eigenvalue weighted by Gasteiger charge is 2.24. The number of hydrogen-bond acceptors (Lipinski definition) is 3. The van der Waals surface area contributed by atoms with Gasteiger partial charge in [0.1, 0.15) is 0 Å². The molecule has 0 aliphatic carbocycles. The van der Waals surface area contributed by atoms with Gasteiger partial charge in [-0.3, -0.25) is 9.79 Å². The number of ether oxygens (including phenoxy) is 1. The summed E-state index contributed by atoms with van der Waals surface area (Å²) in [7, 11) is 1.74. The smallest absolute Gasteiger partial charge is 0.226 e. The Morgan fingerprint density at radius 2 is 2.16 bits per heavy atom. The standard InChI is InChI=1S/C18H27BrN4O2/c1-3-20-18(23-11-9-14(12-23)13-25-2)21-10-8-17(24)22-16-6-4-15(19)5-7-16/h4-7,14H,3,8-13H2,1-2H3,(H,20,21)(H,22,24). The summed E-state index contributed by atoms with van der Waals surface area (Å²) in [4.78, 5) is 18.9. The molecular weight excluding hydrogens is 384 g/mol. The van der Waals surface area contributed by atoms with Crippen molar-refractivity contribution in [2.24, 2.45) is 10.9 Å². The van der Waals surface area contributed by atoms with E-state index in [-0.39, 0.29) is 5.91 Å². The number of aliphatic imine (C=N–C) groups is 1. The van der Waals surface area contributed by atoms with Gasteiger partial charge in [-0.2, -0.15) is 0 Å². The van der Waals surface area contributed by atoms with Crippen LogP contribution in [0, 0.1) is 5.92 Å². The molecule has 1 saturated heterocycles. The Labute approximate surface area is 158 Å². The van der Waals surface area contributed by atoms with Crippen molar-refractivity contribution in [2.75, 3.05) is 45.2 Å². The molecule has 2 rings (SSSR count). The lowest BCUT2D eigenvalue weighted by Crippen LogP contribution is -2.40. The number of guanidine groups is 1. The van der Waals surface area contributed by atoms with E-state index in [1.54, 1.807) is 7.11 Å². The molecule has 0 bridgehead atoms. The van der Waals surface area contributed by atoms with Gasteiger partial charge in [0.15, 0.2) is 5.96 Å². The van der Waals surface area contributed by atoms with Gasteiger partial charge >= 0.3 is 0 Å². The summed E-state index contributed by atoms with van der Waals surface area (Å²) < 4.78 is 6.24. The average Bonchev–Trinajstić information content (AvgIpc) is 3.05. The molecular formula is C18H27BrN4O2. The van der Waals surface area contributed by atoms with E-state index in [1.807, 2.05) is 24.3 Å². The predicted octanol–water partition coefficient (Wildman–Crippen LogP) is 2.71. The van der Waals surface area contributed by atoms with E-state index in [4.69, 9.17) is 4.74 Å². The molecule has 7 heteroatoms. The van der Waals surface area contributed by atoms with Crippen LogP contribution in [0.5, 0.6) is 0 Å². The fourth-order valence-corrected chi connectivity index (χ4v) is 3.11. The second-order valence-electron chi connectivity index (χ2n) is 6.10. The van der Waals surface area contributed by atoms with E-state index in [0.717, 1.165) is 48.8 Å². The summed E-state index contributed by atoms with van der Waals surface area (Å²) in [5, 5.41) is 6.20. The highest BCUT2D eigenvalue weighted by molar-refractivity contribution is 9.10. The summed E-state index contributed by atoms with van der Waals surface area (Å²) in [6.45, 7) is 6.05. The number of carbonyl (C=O) groups is 1. The molecule has 1 aliphatic heterocycles. The SMILES string of the molecule is CCNC(=NCCC(=O)Nc1ccc(Br)cc1)N1CCC(COC)C1. The van der Waals surface area contributed by atoms with E-state index < -0.39 is 0 Å². The molecule has 1 unspecified atom stereocenters. The largest absolute Gasteiger partial charge is 0.384 e. The third-order valence-electron chi connectivity index (χ3n) is 4.05. The van der Waals surface area contributed by atoms with Gasteiger partial charge < -0.3 is 20.3 Å². The minimum absolute atomic E-state index is 0.0272. The quantitative estimate of drug-likeness (QED) is 0.535. The number of methoxy groups -OCH3 is 1. The topological polar surface area (TPSA) is 66.0 Å². The van der Waals surface area contributed by atoms with E-state index in [0.29, 0.717) is 18.9 Å². The molecule has 2 N–H and O–H groups in total. The lowest BCUT2D eigenvalue weighted by Gasteiger charge is -2.21. The predicted molar refractivity (Wildman–Crippen MR) is 105 cm³/mol. The number of halogens is 1. The molecule has 0 saturated carbocycles. The molecule has 1 aromatic carbocycles. The van der Waals surface area contributed by atoms with Crippen LogP contribution in [0.2, 0.25) is 0 Å². The maximum absolute atomic E-state index is 12.1. The van der Waals surface area contributed by atoms with Gasteiger partial charge in [0.05, 0.1) is 13.2 Å². The van der Waals surface area contributed by atoms with Crippen molar-refractivity contribution < 1.29 is 9.53 Å². The monoisotopic (exact) mass is 410 g/mol. The first kappa shape index (κ1) is 19.7. The minimum atomic E-state index is -0.0272. The first-order chi connectivity index (χ1) is 12.1. The minimum Gasteiger partial charge on any atom is -0.384 e. The number of amides is 1. The van der Waals surface area contributed by atoms with Gasteiger partial charge in [-0.25, -0.2) is 0 Å². The lowest BCUT2D eigenvalue weighted by molar-refractivity contribution is -0.116. The molecule has 0 spiro atoms. The molecule has 1 heterocycles. The number of hydrogen-bond donors (Lipinski definition) is 2. The normalized spacial score (nSPS) is 17.6. The zero-order chi connectivity index (χ0) is 18.1. The Morgan fingerprint density at radius 3 is 2.84 bits per heavy atom. The maximum atomic E-state index is 12.1. The summed E-state index contributed by atoms with van der Waals surface area (Å²) in [6, 6.07) is 7.55. The van der Waals surface area contributed by atoms with Crippen LogP contribution in [0.4, 0.5) is 5.69 Å². The first-order valence-electron chi connectivity index (χ1n) is 8.70. The Morgan fingerprint density at radius 1 is 1.40 bits per heavy atom. The van der Waals surface area contributed by atoms with Crippen LogP contribution in [0.1, 0.15) is 19.8 Å². The molecule has 138 valence electrons. The molecule has 1 fully saturated rings. The van der Waals surface area contributed by atoms with E-state index >= 15 is 0 Å². The molecule has 1 amide bonds. The number of likely N-dealkylation sites (tertiary alicyclic amines) is 1. The Balaban J connectivity index is 1.82. The van der Waals surface area contributed by atoms with Crippen LogP contribution >= 0.6 is 15.9 Å². The lowest BCUT2D eigenvalue weighted by atomic mass is 10.1. The van der Waals surface area contributed by atoms with Crippen molar-refractivity contribution in [3.63, 3.8) is 0 Å². The van der Waals surface area contributed by atoms with Crippen LogP contribution in [0.3, 0.4) is 0 Å². The van der Waals surface area contributed by atoms with E-state index in [1.165, 1.54) is 0 Å². The van der Waals surface area contributed by atoms with Crippen molar-refractivity contribution in [3.8, 4) is 0 Å². The molecule has 1 aliphatic rings. The summed E-state index contributed by atoms with van der Waals surface area (Å²) >= 11 is 3.38. The molecule has 6 nitrogen and oxygen atoms in total. The fourth-order valence-electron chi connectivity index (χ4n) is 2.84. The van der Waals surface area contributed by atoms with Gasteiger partial charge in [-0.15, -0.1) is 0 Å². The number of rotatable bonds is 7. The maximum Gasteiger partial charge on any atom is 0.226 e. The number of nitrogens with zero attached hydrogens (tertiary/aromatic N) is 2. The third-order valence-corrected chi connectivity index (χ3v) is 4.58. The van der Waals surface area contributed by atoms with Crippen LogP contribution in [-0.4, -0.2) is 56.7 Å². The molecule has 1 atom stereocenters. The van der Waals surface area contributed by atoms with Crippen molar-refractivity contribution in [2.45, 2.75) is 19.8 Å². The number of carbonyl (C=O) groups excluding carboxylic acids is 1. The Bertz CT molecular complexity index is 577. The molecule has 0 aromatic heterocycles. The van der Waals surface area contributed by atoms with Crippen LogP contribution < -0.4 is 10.6 Å². The van der Waals surface area contributed by atoms with Crippen molar-refractivity contribution >= 4 is 33.5 Å². The van der Waals surface area contributed by atoms with Crippen molar-refractivity contribution in [1.29, 1.82) is 0 Å². The van der Waals surface area contributed by atoms with Crippen molar-refractivity contribution in [1.82, 2.24) is 10.2 Å². The summed E-state index contributed by atoms with van der Waals surface area (Å²) in [5.74, 6) is 1.41.